The van der Waals surface area contributed by atoms with Crippen molar-refractivity contribution in [3.8, 4) is 22.8 Å². The Kier molecular flexibility index (Phi) is 6.72. The highest BCUT2D eigenvalue weighted by Crippen LogP contribution is 2.28. The van der Waals surface area contributed by atoms with E-state index in [9.17, 15) is 0 Å². The average molecular weight is 393 g/mol. The molecule has 0 saturated carbocycles. The summed E-state index contributed by atoms with van der Waals surface area (Å²) in [5.41, 5.74) is 3.22. The van der Waals surface area contributed by atoms with Gasteiger partial charge in [0.2, 0.25) is 0 Å². The predicted molar refractivity (Wildman–Crippen MR) is 112 cm³/mol. The van der Waals surface area contributed by atoms with E-state index in [-0.39, 0.29) is 0 Å². The number of aliphatic carboxylic acids is 1. The molecule has 1 aromatic carbocycles. The maximum Gasteiger partial charge on any atom is 0.300 e. The highest BCUT2D eigenvalue weighted by atomic mass is 16.4. The Labute approximate surface area is 170 Å². The van der Waals surface area contributed by atoms with Gasteiger partial charge >= 0.3 is 0 Å². The van der Waals surface area contributed by atoms with E-state index in [0.717, 1.165) is 49.1 Å². The first-order valence-corrected chi connectivity index (χ1v) is 9.79. The number of aryl methyl sites for hydroxylation is 1. The first kappa shape index (κ1) is 20.7. The number of hydrogen-bond acceptors (Lipinski definition) is 5. The summed E-state index contributed by atoms with van der Waals surface area (Å²) in [5, 5.41) is 10.9. The second-order valence-electron chi connectivity index (χ2n) is 7.38. The minimum absolute atomic E-state index is 0.477. The normalized spacial score (nSPS) is 18.6. The molecular weight excluding hydrogens is 366 g/mol. The molecule has 152 valence electrons. The number of aromatic nitrogens is 4. The average Bonchev–Trinajstić information content (AvgIpc) is 3.18. The lowest BCUT2D eigenvalue weighted by Gasteiger charge is -2.30. The first-order chi connectivity index (χ1) is 13.9. The van der Waals surface area contributed by atoms with Crippen LogP contribution < -0.4 is 5.32 Å². The van der Waals surface area contributed by atoms with Crippen molar-refractivity contribution in [3.63, 3.8) is 0 Å². The molecule has 29 heavy (non-hydrogen) atoms. The molecule has 0 unspecified atom stereocenters. The van der Waals surface area contributed by atoms with Crippen molar-refractivity contribution in [2.24, 2.45) is 0 Å². The quantitative estimate of drug-likeness (QED) is 0.704. The number of rotatable bonds is 3. The van der Waals surface area contributed by atoms with Crippen LogP contribution in [0.3, 0.4) is 0 Å². The standard InChI is InChI=1S/C20H23N5.C2H4O2/c1-14-4-3-5-16(10-14)19-23-12-17(13-24-19)20-22-8-9-25(20)18-6-7-21-15(2)11-18;1-2(3)4/h3-5,8-10,12-13,15,18,21H,6-7,11H2,1-2H3;1H3,(H,3,4)/t15-,18+;/m0./s1. The fourth-order valence-corrected chi connectivity index (χ4v) is 3.57. The Hall–Kier alpha value is -3.06. The molecule has 0 spiro atoms. The summed E-state index contributed by atoms with van der Waals surface area (Å²) in [6.07, 6.45) is 9.95. The summed E-state index contributed by atoms with van der Waals surface area (Å²) < 4.78 is 2.28. The van der Waals surface area contributed by atoms with Crippen LogP contribution in [0.25, 0.3) is 22.8 Å². The molecule has 2 aromatic heterocycles. The minimum Gasteiger partial charge on any atom is -0.481 e. The molecule has 1 aliphatic rings. The molecule has 3 aromatic rings. The summed E-state index contributed by atoms with van der Waals surface area (Å²) in [7, 11) is 0. The fourth-order valence-electron chi connectivity index (χ4n) is 3.57. The van der Waals surface area contributed by atoms with Crippen molar-refractivity contribution in [1.82, 2.24) is 24.8 Å². The van der Waals surface area contributed by atoms with Crippen LogP contribution in [0.2, 0.25) is 0 Å². The summed E-state index contributed by atoms with van der Waals surface area (Å²) in [5.74, 6) is 0.871. The zero-order valence-corrected chi connectivity index (χ0v) is 17.0. The molecule has 7 nitrogen and oxygen atoms in total. The zero-order valence-electron chi connectivity index (χ0n) is 17.0. The summed E-state index contributed by atoms with van der Waals surface area (Å²) >= 11 is 0. The molecule has 1 saturated heterocycles. The molecule has 0 radical (unpaired) electrons. The zero-order chi connectivity index (χ0) is 20.8. The van der Waals surface area contributed by atoms with Gasteiger partial charge in [0.1, 0.15) is 5.82 Å². The first-order valence-electron chi connectivity index (χ1n) is 9.79. The number of piperidine rings is 1. The van der Waals surface area contributed by atoms with Gasteiger partial charge in [0.05, 0.1) is 5.56 Å². The molecule has 0 bridgehead atoms. The molecule has 1 fully saturated rings. The second kappa shape index (κ2) is 9.43. The number of hydrogen-bond donors (Lipinski definition) is 2. The minimum atomic E-state index is -0.833. The van der Waals surface area contributed by atoms with Crippen molar-refractivity contribution in [2.45, 2.75) is 45.7 Å². The molecule has 0 aliphatic carbocycles. The van der Waals surface area contributed by atoms with Gasteiger partial charge in [0.15, 0.2) is 5.82 Å². The van der Waals surface area contributed by atoms with Gasteiger partial charge in [-0.2, -0.15) is 0 Å². The molecule has 4 rings (SSSR count). The van der Waals surface area contributed by atoms with E-state index in [1.165, 1.54) is 5.56 Å². The van der Waals surface area contributed by atoms with Gasteiger partial charge in [0.25, 0.3) is 5.97 Å². The monoisotopic (exact) mass is 393 g/mol. The molecule has 1 aliphatic heterocycles. The van der Waals surface area contributed by atoms with E-state index in [2.05, 4.69) is 57.0 Å². The summed E-state index contributed by atoms with van der Waals surface area (Å²) in [6.45, 7) is 6.45. The number of imidazole rings is 1. The smallest absolute Gasteiger partial charge is 0.300 e. The van der Waals surface area contributed by atoms with Crippen LogP contribution in [0.1, 0.15) is 38.3 Å². The van der Waals surface area contributed by atoms with Gasteiger partial charge in [-0.3, -0.25) is 4.79 Å². The topological polar surface area (TPSA) is 92.9 Å². The van der Waals surface area contributed by atoms with Crippen LogP contribution in [0.5, 0.6) is 0 Å². The van der Waals surface area contributed by atoms with Crippen molar-refractivity contribution in [3.05, 3.63) is 54.6 Å². The Morgan fingerprint density at radius 2 is 1.93 bits per heavy atom. The van der Waals surface area contributed by atoms with E-state index >= 15 is 0 Å². The van der Waals surface area contributed by atoms with Crippen molar-refractivity contribution >= 4 is 5.97 Å². The van der Waals surface area contributed by atoms with Gasteiger partial charge in [-0.1, -0.05) is 23.8 Å². The van der Waals surface area contributed by atoms with Crippen LogP contribution in [0.15, 0.2) is 49.1 Å². The second-order valence-corrected chi connectivity index (χ2v) is 7.38. The number of nitrogens with one attached hydrogen (secondary N) is 1. The third-order valence-electron chi connectivity index (χ3n) is 4.84. The molecule has 7 heteroatoms. The van der Waals surface area contributed by atoms with Crippen molar-refractivity contribution in [2.75, 3.05) is 6.54 Å². The molecule has 2 atom stereocenters. The van der Waals surface area contributed by atoms with Gasteiger partial charge in [0, 0.05) is 49.4 Å². The Morgan fingerprint density at radius 3 is 2.59 bits per heavy atom. The molecule has 3 heterocycles. The maximum atomic E-state index is 9.00. The number of carboxylic acid groups (broad SMARTS) is 1. The van der Waals surface area contributed by atoms with Gasteiger partial charge in [-0.25, -0.2) is 15.0 Å². The van der Waals surface area contributed by atoms with E-state index < -0.39 is 5.97 Å². The molecule has 2 N–H and O–H groups in total. The lowest BCUT2D eigenvalue weighted by Crippen LogP contribution is -2.36. The predicted octanol–water partition coefficient (Wildman–Crippen LogP) is 3.72. The highest BCUT2D eigenvalue weighted by Gasteiger charge is 2.22. The summed E-state index contributed by atoms with van der Waals surface area (Å²) in [4.78, 5) is 22.7. The lowest BCUT2D eigenvalue weighted by atomic mass is 10.00. The van der Waals surface area contributed by atoms with E-state index in [1.807, 2.05) is 30.7 Å². The fraction of sp³-hybridized carbons (Fsp3) is 0.364. The van der Waals surface area contributed by atoms with Crippen LogP contribution in [-0.4, -0.2) is 43.2 Å². The van der Waals surface area contributed by atoms with Gasteiger partial charge in [-0.05, 0) is 39.3 Å². The summed E-state index contributed by atoms with van der Waals surface area (Å²) in [6, 6.07) is 9.27. The van der Waals surface area contributed by atoms with E-state index in [4.69, 9.17) is 9.90 Å². The van der Waals surface area contributed by atoms with Crippen molar-refractivity contribution in [1.29, 1.82) is 0 Å². The highest BCUT2D eigenvalue weighted by molar-refractivity contribution is 5.63. The van der Waals surface area contributed by atoms with Crippen molar-refractivity contribution < 1.29 is 9.90 Å². The Bertz CT molecular complexity index is 948. The number of benzene rings is 1. The number of nitrogens with zero attached hydrogens (tertiary/aromatic N) is 4. The van der Waals surface area contributed by atoms with Crippen LogP contribution in [-0.2, 0) is 4.79 Å². The van der Waals surface area contributed by atoms with Crippen LogP contribution in [0.4, 0.5) is 0 Å². The third kappa shape index (κ3) is 5.48. The Balaban J connectivity index is 0.000000552. The SMILES string of the molecule is CC(=O)O.Cc1cccc(-c2ncc(-c3nccn3[C@@H]3CCN[C@@H](C)C3)cn2)c1. The van der Waals surface area contributed by atoms with Gasteiger partial charge in [-0.15, -0.1) is 0 Å². The third-order valence-corrected chi connectivity index (χ3v) is 4.84. The largest absolute Gasteiger partial charge is 0.481 e. The number of carbonyl (C=O) groups is 1. The number of carboxylic acids is 1. The van der Waals surface area contributed by atoms with Gasteiger partial charge < -0.3 is 15.0 Å². The Morgan fingerprint density at radius 1 is 1.21 bits per heavy atom. The maximum absolute atomic E-state index is 9.00. The lowest BCUT2D eigenvalue weighted by molar-refractivity contribution is -0.134. The van der Waals surface area contributed by atoms with E-state index in [1.54, 1.807) is 0 Å². The van der Waals surface area contributed by atoms with E-state index in [0.29, 0.717) is 12.1 Å². The van der Waals surface area contributed by atoms with Crippen LogP contribution >= 0.6 is 0 Å². The molecule has 0 amide bonds. The molecular formula is C22H27N5O2. The van der Waals surface area contributed by atoms with Crippen LogP contribution in [0, 0.1) is 6.92 Å².